The van der Waals surface area contributed by atoms with Crippen molar-refractivity contribution in [2.45, 2.75) is 6.92 Å². The molecule has 1 heterocycles. The summed E-state index contributed by atoms with van der Waals surface area (Å²) in [6.45, 7) is 2.04. The third kappa shape index (κ3) is 3.60. The van der Waals surface area contributed by atoms with Crippen LogP contribution in [0.5, 0.6) is 0 Å². The number of benzene rings is 1. The Hall–Kier alpha value is -1.36. The summed E-state index contributed by atoms with van der Waals surface area (Å²) in [5.74, 6) is -0.471. The summed E-state index contributed by atoms with van der Waals surface area (Å²) in [4.78, 5) is 17.1. The molecule has 0 N–H and O–H groups in total. The summed E-state index contributed by atoms with van der Waals surface area (Å²) in [7, 11) is 0. The third-order valence-electron chi connectivity index (χ3n) is 2.37. The summed E-state index contributed by atoms with van der Waals surface area (Å²) in [5.41, 5.74) is 0.721. The molecule has 2 rings (SSSR count). The zero-order valence-corrected chi connectivity index (χ0v) is 12.9. The summed E-state index contributed by atoms with van der Waals surface area (Å²) < 4.78 is 5.03. The molecule has 0 aliphatic rings. The van der Waals surface area contributed by atoms with E-state index in [0.29, 0.717) is 15.7 Å². The van der Waals surface area contributed by atoms with Crippen LogP contribution in [0, 0.1) is 0 Å². The first-order chi connectivity index (χ1) is 9.61. The number of hydrogen-bond donors (Lipinski definition) is 0. The second kappa shape index (κ2) is 6.88. The molecule has 0 bridgehead atoms. The van der Waals surface area contributed by atoms with E-state index in [1.54, 1.807) is 25.1 Å². The number of hydrogen-bond acceptors (Lipinski definition) is 4. The van der Waals surface area contributed by atoms with Crippen molar-refractivity contribution < 1.29 is 9.53 Å². The van der Waals surface area contributed by atoms with Gasteiger partial charge in [-0.1, -0.05) is 29.3 Å². The fourth-order valence-corrected chi connectivity index (χ4v) is 2.66. The molecule has 0 atom stereocenters. The van der Waals surface area contributed by atoms with Crippen molar-refractivity contribution in [2.24, 2.45) is 4.99 Å². The average Bonchev–Trinajstić information content (AvgIpc) is 2.91. The van der Waals surface area contributed by atoms with Crippen LogP contribution in [0.2, 0.25) is 10.0 Å². The molecule has 1 aromatic carbocycles. The van der Waals surface area contributed by atoms with Gasteiger partial charge in [0, 0.05) is 5.02 Å². The van der Waals surface area contributed by atoms with Gasteiger partial charge in [0.25, 0.3) is 0 Å². The van der Waals surface area contributed by atoms with Gasteiger partial charge in [0.1, 0.15) is 0 Å². The molecule has 0 saturated carbocycles. The third-order valence-corrected chi connectivity index (χ3v) is 3.78. The maximum Gasteiger partial charge on any atom is 0.358 e. The number of esters is 1. The van der Waals surface area contributed by atoms with Gasteiger partial charge < -0.3 is 4.74 Å². The van der Waals surface area contributed by atoms with E-state index in [-0.39, 0.29) is 12.3 Å². The largest absolute Gasteiger partial charge is 0.461 e. The highest BCUT2D eigenvalue weighted by Crippen LogP contribution is 2.29. The summed E-state index contributed by atoms with van der Waals surface area (Å²) in [6.07, 6.45) is 0. The zero-order chi connectivity index (χ0) is 14.5. The lowest BCUT2D eigenvalue weighted by atomic mass is 10.2. The molecule has 0 spiro atoms. The molecule has 3 nitrogen and oxygen atoms in total. The number of nitrogens with zero attached hydrogens (tertiary/aromatic N) is 1. The van der Waals surface area contributed by atoms with Crippen molar-refractivity contribution in [3.05, 3.63) is 50.6 Å². The van der Waals surface area contributed by atoms with Crippen LogP contribution < -0.4 is 0 Å². The number of carbonyl (C=O) groups is 1. The fourth-order valence-electron chi connectivity index (χ4n) is 1.51. The molecule has 0 aliphatic heterocycles. The van der Waals surface area contributed by atoms with E-state index in [2.05, 4.69) is 4.99 Å². The van der Waals surface area contributed by atoms with Crippen LogP contribution in [-0.4, -0.2) is 18.3 Å². The molecule has 0 saturated heterocycles. The molecule has 0 amide bonds. The second-order valence-corrected chi connectivity index (χ2v) is 5.55. The van der Waals surface area contributed by atoms with E-state index in [0.717, 1.165) is 4.88 Å². The summed E-state index contributed by atoms with van der Waals surface area (Å²) in [6, 6.07) is 8.57. The lowest BCUT2D eigenvalue weighted by Crippen LogP contribution is -2.17. The number of rotatable bonds is 4. The fraction of sp³-hybridized carbons (Fsp3) is 0.143. The Kier molecular flexibility index (Phi) is 5.17. The van der Waals surface area contributed by atoms with Gasteiger partial charge in [-0.15, -0.1) is 11.3 Å². The summed E-state index contributed by atoms with van der Waals surface area (Å²) >= 11 is 13.3. The van der Waals surface area contributed by atoms with Crippen LogP contribution in [-0.2, 0) is 9.53 Å². The standard InChI is InChI=1S/C14H11Cl2NO2S/c1-2-19-14(18)13(12-4-3-7-20-12)17-11-6-5-9(15)8-10(11)16/h3-8H,2H2,1H3. The van der Waals surface area contributed by atoms with Gasteiger partial charge >= 0.3 is 5.97 Å². The Morgan fingerprint density at radius 2 is 2.15 bits per heavy atom. The van der Waals surface area contributed by atoms with Gasteiger partial charge in [-0.2, -0.15) is 0 Å². The van der Waals surface area contributed by atoms with Gasteiger partial charge in [-0.05, 0) is 36.6 Å². The van der Waals surface area contributed by atoms with Crippen LogP contribution in [0.4, 0.5) is 5.69 Å². The average molecular weight is 328 g/mol. The molecule has 0 fully saturated rings. The van der Waals surface area contributed by atoms with Crippen molar-refractivity contribution in [2.75, 3.05) is 6.61 Å². The van der Waals surface area contributed by atoms with Crippen LogP contribution in [0.3, 0.4) is 0 Å². The normalized spacial score (nSPS) is 11.4. The second-order valence-electron chi connectivity index (χ2n) is 3.75. The van der Waals surface area contributed by atoms with Crippen LogP contribution in [0.25, 0.3) is 0 Å². The van der Waals surface area contributed by atoms with Gasteiger partial charge in [-0.3, -0.25) is 0 Å². The Morgan fingerprint density at radius 1 is 1.35 bits per heavy atom. The van der Waals surface area contributed by atoms with Crippen LogP contribution in [0.15, 0.2) is 40.7 Å². The molecule has 1 aromatic heterocycles. The highest BCUT2D eigenvalue weighted by molar-refractivity contribution is 7.13. The highest BCUT2D eigenvalue weighted by Gasteiger charge is 2.17. The molecule has 20 heavy (non-hydrogen) atoms. The van der Waals surface area contributed by atoms with Crippen molar-refractivity contribution in [1.82, 2.24) is 0 Å². The Balaban J connectivity index is 2.45. The number of ether oxygens (including phenoxy) is 1. The minimum absolute atomic E-state index is 0.242. The number of thiophene rings is 1. The van der Waals surface area contributed by atoms with Gasteiger partial charge in [-0.25, -0.2) is 9.79 Å². The number of carbonyl (C=O) groups excluding carboxylic acids is 1. The minimum Gasteiger partial charge on any atom is -0.461 e. The quantitative estimate of drug-likeness (QED) is 0.601. The Labute approximate surface area is 130 Å². The maximum atomic E-state index is 12.0. The van der Waals surface area contributed by atoms with Crippen molar-refractivity contribution in [3.63, 3.8) is 0 Å². The van der Waals surface area contributed by atoms with E-state index >= 15 is 0 Å². The first-order valence-electron chi connectivity index (χ1n) is 5.86. The first kappa shape index (κ1) is 15.0. The maximum absolute atomic E-state index is 12.0. The minimum atomic E-state index is -0.471. The zero-order valence-electron chi connectivity index (χ0n) is 10.6. The lowest BCUT2D eigenvalue weighted by Gasteiger charge is -2.05. The van der Waals surface area contributed by atoms with Gasteiger partial charge in [0.05, 0.1) is 22.2 Å². The SMILES string of the molecule is CCOC(=O)C(=Nc1ccc(Cl)cc1Cl)c1cccs1. The molecule has 6 heteroatoms. The van der Waals surface area contributed by atoms with Crippen molar-refractivity contribution in [1.29, 1.82) is 0 Å². The first-order valence-corrected chi connectivity index (χ1v) is 7.50. The Morgan fingerprint density at radius 3 is 2.75 bits per heavy atom. The number of aliphatic imine (C=N–C) groups is 1. The van der Waals surface area contributed by atoms with E-state index in [1.165, 1.54) is 11.3 Å². The predicted octanol–water partition coefficient (Wildman–Crippen LogP) is 4.74. The van der Waals surface area contributed by atoms with E-state index in [9.17, 15) is 4.79 Å². The van der Waals surface area contributed by atoms with E-state index in [1.807, 2.05) is 17.5 Å². The molecular weight excluding hydrogens is 317 g/mol. The Bertz CT molecular complexity index is 639. The van der Waals surface area contributed by atoms with Crippen LogP contribution in [0.1, 0.15) is 11.8 Å². The molecule has 0 radical (unpaired) electrons. The lowest BCUT2D eigenvalue weighted by molar-refractivity contribution is -0.134. The summed E-state index contributed by atoms with van der Waals surface area (Å²) in [5, 5.41) is 2.77. The highest BCUT2D eigenvalue weighted by atomic mass is 35.5. The molecule has 0 unspecified atom stereocenters. The predicted molar refractivity (Wildman–Crippen MR) is 83.6 cm³/mol. The van der Waals surface area contributed by atoms with E-state index in [4.69, 9.17) is 27.9 Å². The molecular formula is C14H11Cl2NO2S. The molecule has 104 valence electrons. The van der Waals surface area contributed by atoms with Crippen molar-refractivity contribution >= 4 is 51.9 Å². The molecule has 2 aromatic rings. The van der Waals surface area contributed by atoms with Crippen LogP contribution >= 0.6 is 34.5 Å². The van der Waals surface area contributed by atoms with Gasteiger partial charge in [0.15, 0.2) is 5.71 Å². The monoisotopic (exact) mass is 327 g/mol. The van der Waals surface area contributed by atoms with Gasteiger partial charge in [0.2, 0.25) is 0 Å². The van der Waals surface area contributed by atoms with Crippen molar-refractivity contribution in [3.8, 4) is 0 Å². The topological polar surface area (TPSA) is 38.7 Å². The number of halogens is 2. The smallest absolute Gasteiger partial charge is 0.358 e. The molecule has 0 aliphatic carbocycles. The van der Waals surface area contributed by atoms with E-state index < -0.39 is 5.97 Å².